The molecule has 1 saturated heterocycles. The van der Waals surface area contributed by atoms with E-state index in [0.717, 1.165) is 12.5 Å². The van der Waals surface area contributed by atoms with Crippen LogP contribution >= 0.6 is 0 Å². The Morgan fingerprint density at radius 1 is 1.05 bits per heavy atom. The molecule has 128 valence electrons. The standard InChI is InChI=1S/C17H34N4O/c1-22-13-8-6-12(7-9-13)10-11-19-17-20-15-5-3-2-4-14(15)16(18)21-17/h12-17,19-21H,2-11,18H2,1H3. The lowest BCUT2D eigenvalue weighted by atomic mass is 9.81. The van der Waals surface area contributed by atoms with Crippen LogP contribution in [0.15, 0.2) is 0 Å². The van der Waals surface area contributed by atoms with Crippen molar-refractivity contribution in [1.29, 1.82) is 0 Å². The Kier molecular flexibility index (Phi) is 6.10. The van der Waals surface area contributed by atoms with Crippen LogP contribution in [0.3, 0.4) is 0 Å². The molecule has 2 aliphatic carbocycles. The van der Waals surface area contributed by atoms with Gasteiger partial charge in [0, 0.05) is 19.1 Å². The van der Waals surface area contributed by atoms with Crippen LogP contribution in [0.5, 0.6) is 0 Å². The van der Waals surface area contributed by atoms with Crippen LogP contribution in [0, 0.1) is 11.8 Å². The van der Waals surface area contributed by atoms with Gasteiger partial charge in [-0.3, -0.25) is 16.0 Å². The zero-order valence-corrected chi connectivity index (χ0v) is 14.0. The van der Waals surface area contributed by atoms with E-state index in [1.165, 1.54) is 57.8 Å². The maximum absolute atomic E-state index is 6.32. The predicted octanol–water partition coefficient (Wildman–Crippen LogP) is 1.49. The minimum absolute atomic E-state index is 0.140. The Balaban J connectivity index is 1.35. The summed E-state index contributed by atoms with van der Waals surface area (Å²) in [5.74, 6) is 1.47. The highest BCUT2D eigenvalue weighted by Gasteiger charge is 2.36. The van der Waals surface area contributed by atoms with E-state index >= 15 is 0 Å². The summed E-state index contributed by atoms with van der Waals surface area (Å²) in [6.07, 6.45) is 12.4. The van der Waals surface area contributed by atoms with Gasteiger partial charge in [-0.05, 0) is 57.4 Å². The first-order valence-corrected chi connectivity index (χ1v) is 9.30. The molecule has 3 rings (SSSR count). The Hall–Kier alpha value is -0.200. The van der Waals surface area contributed by atoms with Gasteiger partial charge in [0.1, 0.15) is 6.29 Å². The van der Waals surface area contributed by atoms with Gasteiger partial charge in [0.2, 0.25) is 0 Å². The summed E-state index contributed by atoms with van der Waals surface area (Å²) in [6.45, 7) is 1.07. The molecule has 4 unspecified atom stereocenters. The first-order chi connectivity index (χ1) is 10.8. The third kappa shape index (κ3) is 4.20. The number of hydrogen-bond acceptors (Lipinski definition) is 5. The van der Waals surface area contributed by atoms with Crippen molar-refractivity contribution >= 4 is 0 Å². The fraction of sp³-hybridized carbons (Fsp3) is 1.00. The van der Waals surface area contributed by atoms with Gasteiger partial charge in [-0.15, -0.1) is 0 Å². The minimum atomic E-state index is 0.140. The smallest absolute Gasteiger partial charge is 0.113 e. The number of fused-ring (bicyclic) bond motifs is 1. The summed E-state index contributed by atoms with van der Waals surface area (Å²) in [6, 6.07) is 0.597. The molecule has 0 aromatic carbocycles. The molecule has 3 aliphatic rings. The second-order valence-corrected chi connectivity index (χ2v) is 7.47. The van der Waals surface area contributed by atoms with Crippen LogP contribution in [-0.2, 0) is 4.74 Å². The summed E-state index contributed by atoms with van der Waals surface area (Å²) >= 11 is 0. The van der Waals surface area contributed by atoms with E-state index in [1.54, 1.807) is 0 Å². The number of methoxy groups -OCH3 is 1. The monoisotopic (exact) mass is 310 g/mol. The van der Waals surface area contributed by atoms with E-state index in [-0.39, 0.29) is 12.5 Å². The van der Waals surface area contributed by atoms with Crippen molar-refractivity contribution in [3.8, 4) is 0 Å². The third-order valence-corrected chi connectivity index (χ3v) is 6.05. The minimum Gasteiger partial charge on any atom is -0.381 e. The second kappa shape index (κ2) is 8.06. The van der Waals surface area contributed by atoms with Crippen molar-refractivity contribution in [2.75, 3.05) is 13.7 Å². The highest BCUT2D eigenvalue weighted by atomic mass is 16.5. The van der Waals surface area contributed by atoms with Crippen molar-refractivity contribution in [3.05, 3.63) is 0 Å². The summed E-state index contributed by atoms with van der Waals surface area (Å²) in [5, 5.41) is 10.8. The van der Waals surface area contributed by atoms with Gasteiger partial charge in [0.25, 0.3) is 0 Å². The fourth-order valence-corrected chi connectivity index (χ4v) is 4.58. The Labute approximate surface area is 135 Å². The molecule has 4 atom stereocenters. The van der Waals surface area contributed by atoms with Crippen LogP contribution < -0.4 is 21.7 Å². The molecule has 0 bridgehead atoms. The molecule has 0 spiro atoms. The Morgan fingerprint density at radius 3 is 2.59 bits per heavy atom. The zero-order chi connectivity index (χ0) is 15.4. The van der Waals surface area contributed by atoms with E-state index in [0.29, 0.717) is 18.1 Å². The molecule has 0 aromatic rings. The van der Waals surface area contributed by atoms with Gasteiger partial charge in [0.05, 0.1) is 12.3 Å². The van der Waals surface area contributed by atoms with Crippen molar-refractivity contribution in [2.24, 2.45) is 17.6 Å². The maximum atomic E-state index is 6.32. The molecule has 0 amide bonds. The highest BCUT2D eigenvalue weighted by Crippen LogP contribution is 2.29. The van der Waals surface area contributed by atoms with Crippen molar-refractivity contribution in [2.45, 2.75) is 82.4 Å². The van der Waals surface area contributed by atoms with Gasteiger partial charge in [0.15, 0.2) is 0 Å². The zero-order valence-electron chi connectivity index (χ0n) is 14.0. The van der Waals surface area contributed by atoms with Crippen molar-refractivity contribution < 1.29 is 4.74 Å². The summed E-state index contributed by atoms with van der Waals surface area (Å²) in [5.41, 5.74) is 6.32. The lowest BCUT2D eigenvalue weighted by Crippen LogP contribution is -2.70. The van der Waals surface area contributed by atoms with Crippen molar-refractivity contribution in [1.82, 2.24) is 16.0 Å². The molecule has 1 heterocycles. The van der Waals surface area contributed by atoms with Gasteiger partial charge in [-0.25, -0.2) is 0 Å². The van der Waals surface area contributed by atoms with Crippen LogP contribution in [0.4, 0.5) is 0 Å². The summed E-state index contributed by atoms with van der Waals surface area (Å²) in [7, 11) is 1.84. The molecule has 0 radical (unpaired) electrons. The topological polar surface area (TPSA) is 71.3 Å². The van der Waals surface area contributed by atoms with Crippen LogP contribution in [0.25, 0.3) is 0 Å². The molecule has 5 nitrogen and oxygen atoms in total. The lowest BCUT2D eigenvalue weighted by molar-refractivity contribution is 0.0546. The van der Waals surface area contributed by atoms with Gasteiger partial charge in [-0.2, -0.15) is 0 Å². The molecule has 5 heteroatoms. The molecule has 1 aliphatic heterocycles. The number of nitrogens with two attached hydrogens (primary N) is 1. The molecule has 22 heavy (non-hydrogen) atoms. The normalized spacial score (nSPS) is 42.8. The average molecular weight is 310 g/mol. The summed E-state index contributed by atoms with van der Waals surface area (Å²) in [4.78, 5) is 0. The van der Waals surface area contributed by atoms with Crippen molar-refractivity contribution in [3.63, 3.8) is 0 Å². The van der Waals surface area contributed by atoms with Crippen LogP contribution in [0.1, 0.15) is 57.8 Å². The SMILES string of the molecule is COC1CCC(CCNC2NC(N)C3CCCCC3N2)CC1. The fourth-order valence-electron chi connectivity index (χ4n) is 4.58. The largest absolute Gasteiger partial charge is 0.381 e. The number of rotatable bonds is 5. The maximum Gasteiger partial charge on any atom is 0.113 e. The molecule has 0 aromatic heterocycles. The van der Waals surface area contributed by atoms with E-state index in [1.807, 2.05) is 7.11 Å². The van der Waals surface area contributed by atoms with E-state index < -0.39 is 0 Å². The Morgan fingerprint density at radius 2 is 1.82 bits per heavy atom. The van der Waals surface area contributed by atoms with Gasteiger partial charge >= 0.3 is 0 Å². The highest BCUT2D eigenvalue weighted by molar-refractivity contribution is 4.92. The lowest BCUT2D eigenvalue weighted by Gasteiger charge is -2.45. The Bertz CT molecular complexity index is 333. The van der Waals surface area contributed by atoms with E-state index in [4.69, 9.17) is 10.5 Å². The third-order valence-electron chi connectivity index (χ3n) is 6.05. The number of ether oxygens (including phenoxy) is 1. The predicted molar refractivity (Wildman–Crippen MR) is 89.2 cm³/mol. The molecule has 3 fully saturated rings. The van der Waals surface area contributed by atoms with Crippen LogP contribution in [0.2, 0.25) is 0 Å². The van der Waals surface area contributed by atoms with Crippen LogP contribution in [-0.4, -0.2) is 38.3 Å². The van der Waals surface area contributed by atoms with E-state index in [9.17, 15) is 0 Å². The molecular weight excluding hydrogens is 276 g/mol. The van der Waals surface area contributed by atoms with Gasteiger partial charge in [-0.1, -0.05) is 12.8 Å². The summed E-state index contributed by atoms with van der Waals surface area (Å²) < 4.78 is 5.45. The molecular formula is C17H34N4O. The number of hydrogen-bond donors (Lipinski definition) is 4. The second-order valence-electron chi connectivity index (χ2n) is 7.47. The van der Waals surface area contributed by atoms with Gasteiger partial charge < -0.3 is 10.5 Å². The van der Waals surface area contributed by atoms with E-state index in [2.05, 4.69) is 16.0 Å². The molecule has 5 N–H and O–H groups in total. The number of nitrogens with one attached hydrogen (secondary N) is 3. The average Bonchev–Trinajstić information content (AvgIpc) is 2.56. The first kappa shape index (κ1) is 16.7. The first-order valence-electron chi connectivity index (χ1n) is 9.30. The quantitative estimate of drug-likeness (QED) is 0.619. The molecule has 2 saturated carbocycles.